The SMILES string of the molecule is COCC[O][AlH-]([O]CCOC)[N]1CCCC1.[Na+]. The van der Waals surface area contributed by atoms with Gasteiger partial charge in [-0.15, -0.1) is 0 Å². The summed E-state index contributed by atoms with van der Waals surface area (Å²) in [4.78, 5) is 0. The zero-order chi connectivity index (χ0) is 11.6. The summed E-state index contributed by atoms with van der Waals surface area (Å²) in [6, 6.07) is 0. The van der Waals surface area contributed by atoms with Gasteiger partial charge in [-0.2, -0.15) is 0 Å². The van der Waals surface area contributed by atoms with Gasteiger partial charge in [0.05, 0.1) is 13.2 Å². The van der Waals surface area contributed by atoms with Gasteiger partial charge in [0.15, 0.2) is 0 Å². The predicted molar refractivity (Wildman–Crippen MR) is 63.6 cm³/mol. The van der Waals surface area contributed by atoms with Crippen molar-refractivity contribution in [3.63, 3.8) is 0 Å². The molecule has 1 saturated heterocycles. The average molecular weight is 271 g/mol. The first kappa shape index (κ1) is 18.3. The molecule has 0 atom stereocenters. The van der Waals surface area contributed by atoms with Crippen molar-refractivity contribution in [2.45, 2.75) is 12.8 Å². The Morgan fingerprint density at radius 3 is 1.76 bits per heavy atom. The molecule has 96 valence electrons. The summed E-state index contributed by atoms with van der Waals surface area (Å²) in [7, 11) is 3.37. The van der Waals surface area contributed by atoms with Crippen LogP contribution in [0.1, 0.15) is 12.8 Å². The van der Waals surface area contributed by atoms with Crippen LogP contribution in [0.2, 0.25) is 0 Å². The zero-order valence-electron chi connectivity index (χ0n) is 11.4. The van der Waals surface area contributed by atoms with Gasteiger partial charge in [-0.25, -0.2) is 0 Å². The van der Waals surface area contributed by atoms with E-state index in [2.05, 4.69) is 3.88 Å². The third-order valence-corrected chi connectivity index (χ3v) is 5.42. The van der Waals surface area contributed by atoms with Crippen molar-refractivity contribution in [3.8, 4) is 0 Å². The summed E-state index contributed by atoms with van der Waals surface area (Å²) in [5, 5.41) is 0. The first-order valence-corrected chi connectivity index (χ1v) is 7.78. The Kier molecular flexibility index (Phi) is 13.3. The molecule has 0 saturated carbocycles. The van der Waals surface area contributed by atoms with Gasteiger partial charge < -0.3 is 20.9 Å². The minimum absolute atomic E-state index is 0. The molecule has 1 heterocycles. The first-order valence-electron chi connectivity index (χ1n) is 6.00. The first-order chi connectivity index (χ1) is 7.88. The standard InChI is InChI=1S/C4H8N.2C3H7O2.Al.Na.H/c1-2-4-5-3-1;2*1-5-3-2-4;;;/h1-4H2;2*2-3H2,1H3;;;/q3*-1;+2;+1;. The van der Waals surface area contributed by atoms with Gasteiger partial charge in [-0.1, -0.05) is 0 Å². The molecular weight excluding hydrogens is 248 g/mol. The Balaban J connectivity index is 0.00000256. The van der Waals surface area contributed by atoms with Crippen LogP contribution in [0.25, 0.3) is 0 Å². The molecule has 0 aromatic rings. The topological polar surface area (TPSA) is 40.2 Å². The van der Waals surface area contributed by atoms with Crippen LogP contribution in [-0.2, 0) is 17.1 Å². The molecule has 0 spiro atoms. The molecule has 1 aliphatic heterocycles. The summed E-state index contributed by atoms with van der Waals surface area (Å²) >= 11 is -2.06. The maximum absolute atomic E-state index is 5.81. The van der Waals surface area contributed by atoms with Crippen molar-refractivity contribution in [3.05, 3.63) is 0 Å². The van der Waals surface area contributed by atoms with Crippen molar-refractivity contribution in [1.29, 1.82) is 0 Å². The Morgan fingerprint density at radius 2 is 1.35 bits per heavy atom. The third kappa shape index (κ3) is 8.17. The molecule has 17 heavy (non-hydrogen) atoms. The fourth-order valence-corrected chi connectivity index (χ4v) is 4.22. The zero-order valence-corrected chi connectivity index (χ0v) is 14.9. The molecule has 0 aliphatic carbocycles. The molecule has 0 aromatic heterocycles. The fourth-order valence-electron chi connectivity index (χ4n) is 1.89. The summed E-state index contributed by atoms with van der Waals surface area (Å²) < 4.78 is 24.0. The van der Waals surface area contributed by atoms with Crippen LogP contribution in [0, 0.1) is 0 Å². The monoisotopic (exact) mass is 271 g/mol. The number of methoxy groups -OCH3 is 2. The maximum Gasteiger partial charge on any atom is 1.00 e. The molecular formula is C10H23AlNNaO4. The second kappa shape index (κ2) is 12.4. The van der Waals surface area contributed by atoms with Crippen LogP contribution in [0.4, 0.5) is 0 Å². The molecule has 0 unspecified atom stereocenters. The smallest absolute Gasteiger partial charge is 0.624 e. The fraction of sp³-hybridized carbons (Fsp3) is 1.00. The molecule has 5 nitrogen and oxygen atoms in total. The van der Waals surface area contributed by atoms with E-state index in [4.69, 9.17) is 17.1 Å². The molecule has 1 fully saturated rings. The van der Waals surface area contributed by atoms with Crippen molar-refractivity contribution in [2.75, 3.05) is 53.7 Å². The van der Waals surface area contributed by atoms with E-state index in [1.54, 1.807) is 14.2 Å². The molecule has 0 radical (unpaired) electrons. The van der Waals surface area contributed by atoms with E-state index in [1.165, 1.54) is 12.8 Å². The van der Waals surface area contributed by atoms with E-state index in [0.29, 0.717) is 26.4 Å². The second-order valence-corrected chi connectivity index (χ2v) is 6.47. The van der Waals surface area contributed by atoms with E-state index in [-0.39, 0.29) is 29.6 Å². The summed E-state index contributed by atoms with van der Waals surface area (Å²) in [5.41, 5.74) is 0. The van der Waals surface area contributed by atoms with E-state index in [9.17, 15) is 0 Å². The van der Waals surface area contributed by atoms with Gasteiger partial charge >= 0.3 is 44.6 Å². The minimum Gasteiger partial charge on any atom is -0.624 e. The van der Waals surface area contributed by atoms with Crippen LogP contribution in [0.15, 0.2) is 0 Å². The number of nitrogens with zero attached hydrogens (tertiary/aromatic N) is 1. The van der Waals surface area contributed by atoms with Crippen LogP contribution >= 0.6 is 0 Å². The van der Waals surface area contributed by atoms with Gasteiger partial charge in [0.25, 0.3) is 0 Å². The van der Waals surface area contributed by atoms with Crippen molar-refractivity contribution >= 4 is 15.0 Å². The Labute approximate surface area is 131 Å². The van der Waals surface area contributed by atoms with Crippen molar-refractivity contribution in [2.24, 2.45) is 0 Å². The van der Waals surface area contributed by atoms with Crippen LogP contribution < -0.4 is 29.6 Å². The minimum atomic E-state index is -2.06. The van der Waals surface area contributed by atoms with Gasteiger partial charge in [0.1, 0.15) is 0 Å². The van der Waals surface area contributed by atoms with Crippen molar-refractivity contribution in [1.82, 2.24) is 3.88 Å². The molecule has 0 N–H and O–H groups in total. The normalized spacial score (nSPS) is 16.4. The summed E-state index contributed by atoms with van der Waals surface area (Å²) in [5.74, 6) is 0. The van der Waals surface area contributed by atoms with Gasteiger partial charge in [-0.05, 0) is 25.9 Å². The maximum atomic E-state index is 5.81. The molecule has 1 rings (SSSR count). The van der Waals surface area contributed by atoms with Gasteiger partial charge in [-0.3, -0.25) is 0 Å². The van der Waals surface area contributed by atoms with E-state index < -0.39 is 15.0 Å². The van der Waals surface area contributed by atoms with Crippen LogP contribution in [0.3, 0.4) is 0 Å². The molecule has 0 aromatic carbocycles. The van der Waals surface area contributed by atoms with Crippen molar-refractivity contribution < 1.29 is 46.6 Å². The Morgan fingerprint density at radius 1 is 0.882 bits per heavy atom. The van der Waals surface area contributed by atoms with Gasteiger partial charge in [0.2, 0.25) is 0 Å². The number of ether oxygens (including phenoxy) is 2. The number of rotatable bonds is 9. The third-order valence-electron chi connectivity index (χ3n) is 2.78. The van der Waals surface area contributed by atoms with E-state index in [0.717, 1.165) is 13.1 Å². The van der Waals surface area contributed by atoms with Crippen LogP contribution in [-0.4, -0.2) is 72.7 Å². The molecule has 1 aliphatic rings. The second-order valence-electron chi connectivity index (χ2n) is 4.00. The molecule has 0 bridgehead atoms. The van der Waals surface area contributed by atoms with E-state index in [1.807, 2.05) is 0 Å². The molecule has 7 heteroatoms. The quantitative estimate of drug-likeness (QED) is 0.333. The number of hydrogen-bond acceptors (Lipinski definition) is 5. The van der Waals surface area contributed by atoms with E-state index >= 15 is 0 Å². The van der Waals surface area contributed by atoms with Crippen LogP contribution in [0.5, 0.6) is 0 Å². The Bertz CT molecular complexity index is 162. The average Bonchev–Trinajstić information content (AvgIpc) is 2.81. The summed E-state index contributed by atoms with van der Waals surface area (Å²) in [6.07, 6.45) is 2.53. The summed E-state index contributed by atoms with van der Waals surface area (Å²) in [6.45, 7) is 4.80. The Hall–Kier alpha value is 1.33. The predicted octanol–water partition coefficient (Wildman–Crippen LogP) is -2.87. The number of hydrogen-bond donors (Lipinski definition) is 0. The van der Waals surface area contributed by atoms with Gasteiger partial charge in [0, 0.05) is 27.4 Å². The largest absolute Gasteiger partial charge is 1.00 e. The molecule has 0 amide bonds.